The van der Waals surface area contributed by atoms with Crippen LogP contribution in [0.3, 0.4) is 0 Å². The maximum atomic E-state index is 10.6. The van der Waals surface area contributed by atoms with Crippen LogP contribution in [0.5, 0.6) is 0 Å². The average Bonchev–Trinajstić information content (AvgIpc) is 2.70. The average molecular weight is 220 g/mol. The predicted octanol–water partition coefficient (Wildman–Crippen LogP) is 1.30. The molecule has 0 radical (unpaired) electrons. The number of nitrogens with zero attached hydrogens (tertiary/aromatic N) is 2. The van der Waals surface area contributed by atoms with Crippen molar-refractivity contribution in [1.82, 2.24) is 9.88 Å². The Kier molecular flexibility index (Phi) is 3.51. The second kappa shape index (κ2) is 5.07. The number of carboxylic acids is 1. The summed E-state index contributed by atoms with van der Waals surface area (Å²) in [6, 6.07) is 5.61. The third-order valence-corrected chi connectivity index (χ3v) is 2.78. The maximum Gasteiger partial charge on any atom is 0.309 e. The van der Waals surface area contributed by atoms with Crippen LogP contribution in [0.15, 0.2) is 18.2 Å². The van der Waals surface area contributed by atoms with Gasteiger partial charge in [0.25, 0.3) is 0 Å². The van der Waals surface area contributed by atoms with E-state index in [1.165, 1.54) is 12.8 Å². The molecule has 1 aliphatic rings. The molecule has 16 heavy (non-hydrogen) atoms. The van der Waals surface area contributed by atoms with E-state index in [0.29, 0.717) is 5.69 Å². The lowest BCUT2D eigenvalue weighted by Gasteiger charge is -2.13. The van der Waals surface area contributed by atoms with Crippen molar-refractivity contribution >= 4 is 5.97 Å². The Hall–Kier alpha value is -1.42. The maximum absolute atomic E-state index is 10.6. The Morgan fingerprint density at radius 3 is 2.69 bits per heavy atom. The van der Waals surface area contributed by atoms with E-state index in [9.17, 15) is 4.79 Å². The zero-order chi connectivity index (χ0) is 11.4. The fourth-order valence-corrected chi connectivity index (χ4v) is 2.04. The molecule has 0 saturated carbocycles. The second-order valence-corrected chi connectivity index (χ2v) is 4.17. The molecule has 1 aliphatic heterocycles. The van der Waals surface area contributed by atoms with Gasteiger partial charge in [0.05, 0.1) is 17.8 Å². The van der Waals surface area contributed by atoms with Gasteiger partial charge in [-0.2, -0.15) is 0 Å². The SMILES string of the molecule is O=C(O)Cc1cccc(CN2CCCC2)n1. The van der Waals surface area contributed by atoms with Crippen LogP contribution in [0.4, 0.5) is 0 Å². The van der Waals surface area contributed by atoms with Crippen LogP contribution in [0, 0.1) is 0 Å². The summed E-state index contributed by atoms with van der Waals surface area (Å²) >= 11 is 0. The Morgan fingerprint density at radius 2 is 2.00 bits per heavy atom. The van der Waals surface area contributed by atoms with E-state index < -0.39 is 5.97 Å². The summed E-state index contributed by atoms with van der Waals surface area (Å²) in [7, 11) is 0. The van der Waals surface area contributed by atoms with E-state index in [1.807, 2.05) is 12.1 Å². The standard InChI is InChI=1S/C12H16N2O2/c15-12(16)8-10-4-3-5-11(13-10)9-14-6-1-2-7-14/h3-5H,1-2,6-9H2,(H,15,16). The van der Waals surface area contributed by atoms with Gasteiger partial charge in [0.1, 0.15) is 0 Å². The fraction of sp³-hybridized carbons (Fsp3) is 0.500. The Morgan fingerprint density at radius 1 is 1.31 bits per heavy atom. The normalized spacial score (nSPS) is 16.5. The molecule has 1 fully saturated rings. The van der Waals surface area contributed by atoms with Crippen molar-refractivity contribution in [3.8, 4) is 0 Å². The molecular formula is C12H16N2O2. The van der Waals surface area contributed by atoms with Crippen molar-refractivity contribution in [2.24, 2.45) is 0 Å². The van der Waals surface area contributed by atoms with Gasteiger partial charge in [-0.3, -0.25) is 14.7 Å². The van der Waals surface area contributed by atoms with Gasteiger partial charge in [-0.1, -0.05) is 6.07 Å². The van der Waals surface area contributed by atoms with Crippen LogP contribution in [0.1, 0.15) is 24.2 Å². The van der Waals surface area contributed by atoms with Crippen LogP contribution in [-0.2, 0) is 17.8 Å². The summed E-state index contributed by atoms with van der Waals surface area (Å²) in [6.07, 6.45) is 2.53. The summed E-state index contributed by atoms with van der Waals surface area (Å²) < 4.78 is 0. The van der Waals surface area contributed by atoms with Gasteiger partial charge in [-0.15, -0.1) is 0 Å². The first-order valence-electron chi connectivity index (χ1n) is 5.63. The lowest BCUT2D eigenvalue weighted by atomic mass is 10.2. The number of likely N-dealkylation sites (tertiary alicyclic amines) is 1. The second-order valence-electron chi connectivity index (χ2n) is 4.17. The van der Waals surface area contributed by atoms with Crippen LogP contribution < -0.4 is 0 Å². The van der Waals surface area contributed by atoms with E-state index in [1.54, 1.807) is 6.07 Å². The molecule has 0 bridgehead atoms. The van der Waals surface area contributed by atoms with Crippen molar-refractivity contribution in [2.45, 2.75) is 25.8 Å². The Bertz CT molecular complexity index is 373. The van der Waals surface area contributed by atoms with Gasteiger partial charge in [-0.05, 0) is 38.1 Å². The molecule has 1 aromatic rings. The summed E-state index contributed by atoms with van der Waals surface area (Å²) in [5.41, 5.74) is 1.62. The van der Waals surface area contributed by atoms with Gasteiger partial charge in [0, 0.05) is 6.54 Å². The van der Waals surface area contributed by atoms with E-state index >= 15 is 0 Å². The van der Waals surface area contributed by atoms with Crippen LogP contribution in [0.2, 0.25) is 0 Å². The molecule has 0 spiro atoms. The molecule has 0 aromatic carbocycles. The number of hydrogen-bond donors (Lipinski definition) is 1. The number of carbonyl (C=O) groups is 1. The highest BCUT2D eigenvalue weighted by Crippen LogP contribution is 2.11. The predicted molar refractivity (Wildman–Crippen MR) is 60.1 cm³/mol. The number of aromatic nitrogens is 1. The van der Waals surface area contributed by atoms with Crippen LogP contribution in [-0.4, -0.2) is 34.0 Å². The zero-order valence-corrected chi connectivity index (χ0v) is 9.22. The van der Waals surface area contributed by atoms with Gasteiger partial charge in [0.2, 0.25) is 0 Å². The molecule has 0 unspecified atom stereocenters. The van der Waals surface area contributed by atoms with E-state index in [4.69, 9.17) is 5.11 Å². The van der Waals surface area contributed by atoms with Crippen molar-refractivity contribution in [3.63, 3.8) is 0 Å². The fourth-order valence-electron chi connectivity index (χ4n) is 2.04. The quantitative estimate of drug-likeness (QED) is 0.831. The Labute approximate surface area is 94.9 Å². The summed E-state index contributed by atoms with van der Waals surface area (Å²) in [6.45, 7) is 3.10. The third kappa shape index (κ3) is 3.03. The lowest BCUT2D eigenvalue weighted by Crippen LogP contribution is -2.19. The van der Waals surface area contributed by atoms with Crippen molar-refractivity contribution in [1.29, 1.82) is 0 Å². The highest BCUT2D eigenvalue weighted by atomic mass is 16.4. The largest absolute Gasteiger partial charge is 0.481 e. The minimum absolute atomic E-state index is 0.00778. The van der Waals surface area contributed by atoms with E-state index in [-0.39, 0.29) is 6.42 Å². The topological polar surface area (TPSA) is 53.4 Å². The first kappa shape index (κ1) is 11.1. The lowest BCUT2D eigenvalue weighted by molar-refractivity contribution is -0.136. The van der Waals surface area contributed by atoms with E-state index in [0.717, 1.165) is 25.3 Å². The molecule has 1 saturated heterocycles. The highest BCUT2D eigenvalue weighted by molar-refractivity contribution is 5.69. The van der Waals surface area contributed by atoms with Gasteiger partial charge >= 0.3 is 5.97 Å². The summed E-state index contributed by atoms with van der Waals surface area (Å²) in [5.74, 6) is -0.828. The smallest absolute Gasteiger partial charge is 0.309 e. The van der Waals surface area contributed by atoms with E-state index in [2.05, 4.69) is 9.88 Å². The zero-order valence-electron chi connectivity index (χ0n) is 9.22. The molecule has 1 aromatic heterocycles. The van der Waals surface area contributed by atoms with Gasteiger partial charge in [-0.25, -0.2) is 0 Å². The van der Waals surface area contributed by atoms with Gasteiger partial charge < -0.3 is 5.11 Å². The molecule has 1 N–H and O–H groups in total. The number of aliphatic carboxylic acids is 1. The van der Waals surface area contributed by atoms with Gasteiger partial charge in [0.15, 0.2) is 0 Å². The minimum Gasteiger partial charge on any atom is -0.481 e. The number of carboxylic acid groups (broad SMARTS) is 1. The molecule has 4 nitrogen and oxygen atoms in total. The van der Waals surface area contributed by atoms with Crippen molar-refractivity contribution in [3.05, 3.63) is 29.6 Å². The summed E-state index contributed by atoms with van der Waals surface area (Å²) in [4.78, 5) is 17.3. The molecule has 0 atom stereocenters. The third-order valence-electron chi connectivity index (χ3n) is 2.78. The minimum atomic E-state index is -0.828. The van der Waals surface area contributed by atoms with Crippen molar-refractivity contribution < 1.29 is 9.90 Å². The highest BCUT2D eigenvalue weighted by Gasteiger charge is 2.12. The number of hydrogen-bond acceptors (Lipinski definition) is 3. The molecule has 2 rings (SSSR count). The molecule has 2 heterocycles. The molecular weight excluding hydrogens is 204 g/mol. The molecule has 86 valence electrons. The monoisotopic (exact) mass is 220 g/mol. The van der Waals surface area contributed by atoms with Crippen molar-refractivity contribution in [2.75, 3.05) is 13.1 Å². The molecule has 0 amide bonds. The molecule has 4 heteroatoms. The number of rotatable bonds is 4. The summed E-state index contributed by atoms with van der Waals surface area (Å²) in [5, 5.41) is 8.69. The van der Waals surface area contributed by atoms with Crippen LogP contribution in [0.25, 0.3) is 0 Å². The Balaban J connectivity index is 2.00. The first-order chi connectivity index (χ1) is 7.74. The molecule has 0 aliphatic carbocycles. The number of pyridine rings is 1. The van der Waals surface area contributed by atoms with Crippen LogP contribution >= 0.6 is 0 Å². The first-order valence-corrected chi connectivity index (χ1v) is 5.63.